The van der Waals surface area contributed by atoms with Crippen molar-refractivity contribution in [3.8, 4) is 0 Å². The van der Waals surface area contributed by atoms with Gasteiger partial charge in [0.2, 0.25) is 0 Å². The molecule has 0 atom stereocenters. The lowest BCUT2D eigenvalue weighted by Gasteiger charge is -2.16. The summed E-state index contributed by atoms with van der Waals surface area (Å²) in [5.74, 6) is -0.757. The first-order valence-corrected chi connectivity index (χ1v) is 7.45. The molecule has 0 saturated carbocycles. The Morgan fingerprint density at radius 2 is 2.00 bits per heavy atom. The van der Waals surface area contributed by atoms with Crippen molar-refractivity contribution in [2.24, 2.45) is 0 Å². The van der Waals surface area contributed by atoms with Gasteiger partial charge in [-0.15, -0.1) is 0 Å². The van der Waals surface area contributed by atoms with Crippen LogP contribution in [0, 0.1) is 5.82 Å². The van der Waals surface area contributed by atoms with Crippen LogP contribution in [0.25, 0.3) is 0 Å². The number of hydrogen-bond donors (Lipinski definition) is 4. The third-order valence-corrected chi connectivity index (χ3v) is 3.53. The van der Waals surface area contributed by atoms with Crippen LogP contribution in [0.5, 0.6) is 0 Å². The molecule has 2 aromatic carbocycles. The molecule has 0 aliphatic carbocycles. The Bertz CT molecular complexity index is 736. The quantitative estimate of drug-likeness (QED) is 0.629. The first-order valence-electron chi connectivity index (χ1n) is 7.07. The van der Waals surface area contributed by atoms with Crippen LogP contribution in [0.1, 0.15) is 17.3 Å². The highest BCUT2D eigenvalue weighted by Gasteiger charge is 2.14. The zero-order valence-electron chi connectivity index (χ0n) is 12.8. The maximum atomic E-state index is 13.3. The van der Waals surface area contributed by atoms with Crippen LogP contribution in [0.3, 0.4) is 0 Å². The maximum absolute atomic E-state index is 13.3. The largest absolute Gasteiger partial charge is 0.397 e. The fourth-order valence-electron chi connectivity index (χ4n) is 2.11. The maximum Gasteiger partial charge on any atom is 0.253 e. The van der Waals surface area contributed by atoms with Crippen LogP contribution < -0.4 is 21.7 Å². The van der Waals surface area contributed by atoms with Gasteiger partial charge in [-0.05, 0) is 37.3 Å². The van der Waals surface area contributed by atoms with E-state index in [1.165, 1.54) is 18.2 Å². The second kappa shape index (κ2) is 7.19. The number of nitrogens with two attached hydrogens (primary N) is 1. The Balaban J connectivity index is 2.45. The Morgan fingerprint density at radius 3 is 2.61 bits per heavy atom. The highest BCUT2D eigenvalue weighted by atomic mass is 35.5. The zero-order valence-corrected chi connectivity index (χ0v) is 13.6. The number of benzene rings is 2. The van der Waals surface area contributed by atoms with Crippen molar-refractivity contribution in [1.82, 2.24) is 5.32 Å². The minimum Gasteiger partial charge on any atom is -0.397 e. The van der Waals surface area contributed by atoms with Gasteiger partial charge in [0.25, 0.3) is 5.91 Å². The molecule has 0 aromatic heterocycles. The first kappa shape index (κ1) is 16.9. The number of carbonyl (C=O) groups excluding carboxylic acids is 1. The minimum atomic E-state index is -0.505. The average molecular weight is 337 g/mol. The van der Waals surface area contributed by atoms with E-state index in [9.17, 15) is 9.18 Å². The Morgan fingerprint density at radius 1 is 1.26 bits per heavy atom. The van der Waals surface area contributed by atoms with Crippen molar-refractivity contribution in [1.29, 1.82) is 0 Å². The van der Waals surface area contributed by atoms with Crippen molar-refractivity contribution in [2.75, 3.05) is 30.0 Å². The van der Waals surface area contributed by atoms with E-state index in [0.717, 1.165) is 0 Å². The third kappa shape index (κ3) is 3.84. The standard InChI is InChI=1S/C16H18ClFN4O/c1-3-21-16(23)10-7-13(19)15(20-2)8-14(10)22-9-4-5-12(18)11(17)6-9/h4-8,20,22H,3,19H2,1-2H3,(H,21,23). The van der Waals surface area contributed by atoms with E-state index in [1.807, 2.05) is 6.92 Å². The molecule has 1 amide bonds. The molecule has 0 aliphatic rings. The fourth-order valence-corrected chi connectivity index (χ4v) is 2.29. The molecule has 2 aromatic rings. The predicted octanol–water partition coefficient (Wildman–Crippen LogP) is 3.60. The van der Waals surface area contributed by atoms with Gasteiger partial charge in [-0.1, -0.05) is 11.6 Å². The second-order valence-corrected chi connectivity index (χ2v) is 5.26. The number of amides is 1. The van der Waals surface area contributed by atoms with Gasteiger partial charge in [0.15, 0.2) is 0 Å². The molecule has 5 N–H and O–H groups in total. The number of rotatable bonds is 5. The van der Waals surface area contributed by atoms with E-state index < -0.39 is 5.82 Å². The summed E-state index contributed by atoms with van der Waals surface area (Å²) in [7, 11) is 1.73. The monoisotopic (exact) mass is 336 g/mol. The smallest absolute Gasteiger partial charge is 0.253 e. The molecule has 0 bridgehead atoms. The predicted molar refractivity (Wildman–Crippen MR) is 93.1 cm³/mol. The van der Waals surface area contributed by atoms with E-state index in [0.29, 0.717) is 34.9 Å². The van der Waals surface area contributed by atoms with Crippen molar-refractivity contribution in [3.63, 3.8) is 0 Å². The molecular weight excluding hydrogens is 319 g/mol. The molecule has 5 nitrogen and oxygen atoms in total. The SMILES string of the molecule is CCNC(=O)c1cc(N)c(NC)cc1Nc1ccc(F)c(Cl)c1. The van der Waals surface area contributed by atoms with E-state index >= 15 is 0 Å². The van der Waals surface area contributed by atoms with Crippen molar-refractivity contribution in [2.45, 2.75) is 6.92 Å². The lowest BCUT2D eigenvalue weighted by molar-refractivity contribution is 0.0956. The van der Waals surface area contributed by atoms with Gasteiger partial charge in [-0.3, -0.25) is 4.79 Å². The van der Waals surface area contributed by atoms with Crippen LogP contribution in [-0.4, -0.2) is 19.5 Å². The fraction of sp³-hybridized carbons (Fsp3) is 0.188. The number of nitrogen functional groups attached to an aromatic ring is 1. The highest BCUT2D eigenvalue weighted by molar-refractivity contribution is 6.31. The highest BCUT2D eigenvalue weighted by Crippen LogP contribution is 2.30. The summed E-state index contributed by atoms with van der Waals surface area (Å²) in [4.78, 5) is 12.2. The van der Waals surface area contributed by atoms with Crippen LogP contribution in [0.15, 0.2) is 30.3 Å². The van der Waals surface area contributed by atoms with Crippen molar-refractivity contribution < 1.29 is 9.18 Å². The van der Waals surface area contributed by atoms with Gasteiger partial charge in [-0.2, -0.15) is 0 Å². The molecular formula is C16H18ClFN4O. The molecule has 7 heteroatoms. The molecule has 0 heterocycles. The van der Waals surface area contributed by atoms with Crippen LogP contribution in [0.4, 0.5) is 27.1 Å². The molecule has 0 fully saturated rings. The Kier molecular flexibility index (Phi) is 5.28. The third-order valence-electron chi connectivity index (χ3n) is 3.24. The average Bonchev–Trinajstić information content (AvgIpc) is 2.52. The number of halogens is 2. The van der Waals surface area contributed by atoms with Crippen molar-refractivity contribution in [3.05, 3.63) is 46.7 Å². The molecule has 2 rings (SSSR count). The summed E-state index contributed by atoms with van der Waals surface area (Å²) in [6, 6.07) is 7.56. The normalized spacial score (nSPS) is 10.3. The van der Waals surface area contributed by atoms with Gasteiger partial charge in [-0.25, -0.2) is 4.39 Å². The van der Waals surface area contributed by atoms with E-state index in [1.54, 1.807) is 19.2 Å². The van der Waals surface area contributed by atoms with Crippen LogP contribution in [0.2, 0.25) is 5.02 Å². The molecule has 0 radical (unpaired) electrons. The van der Waals surface area contributed by atoms with E-state index in [2.05, 4.69) is 16.0 Å². The first-order chi connectivity index (χ1) is 11.0. The molecule has 0 unspecified atom stereocenters. The van der Waals surface area contributed by atoms with Gasteiger partial charge >= 0.3 is 0 Å². The second-order valence-electron chi connectivity index (χ2n) is 4.85. The van der Waals surface area contributed by atoms with E-state index in [4.69, 9.17) is 17.3 Å². The van der Waals surface area contributed by atoms with Gasteiger partial charge in [0.05, 0.1) is 27.6 Å². The molecule has 0 spiro atoms. The number of carbonyl (C=O) groups is 1. The number of hydrogen-bond acceptors (Lipinski definition) is 4. The summed E-state index contributed by atoms with van der Waals surface area (Å²) in [5.41, 5.74) is 8.56. The minimum absolute atomic E-state index is 0.00107. The molecule has 23 heavy (non-hydrogen) atoms. The number of anilines is 4. The van der Waals surface area contributed by atoms with Crippen LogP contribution in [-0.2, 0) is 0 Å². The van der Waals surface area contributed by atoms with Crippen molar-refractivity contribution >= 4 is 40.3 Å². The Labute approximate surface area is 139 Å². The number of nitrogens with one attached hydrogen (secondary N) is 3. The lowest BCUT2D eigenvalue weighted by Crippen LogP contribution is -2.24. The molecule has 122 valence electrons. The van der Waals surface area contributed by atoms with Gasteiger partial charge < -0.3 is 21.7 Å². The Hall–Kier alpha value is -2.47. The summed E-state index contributed by atoms with van der Waals surface area (Å²) in [6.45, 7) is 2.32. The van der Waals surface area contributed by atoms with Crippen LogP contribution >= 0.6 is 11.6 Å². The summed E-state index contributed by atoms with van der Waals surface area (Å²) in [6.07, 6.45) is 0. The summed E-state index contributed by atoms with van der Waals surface area (Å²) >= 11 is 5.79. The molecule has 0 aliphatic heterocycles. The zero-order chi connectivity index (χ0) is 17.0. The lowest BCUT2D eigenvalue weighted by atomic mass is 10.1. The van der Waals surface area contributed by atoms with E-state index in [-0.39, 0.29) is 10.9 Å². The summed E-state index contributed by atoms with van der Waals surface area (Å²) in [5, 5.41) is 8.76. The van der Waals surface area contributed by atoms with Gasteiger partial charge in [0, 0.05) is 19.3 Å². The molecule has 0 saturated heterocycles. The topological polar surface area (TPSA) is 79.2 Å². The van der Waals surface area contributed by atoms with Gasteiger partial charge in [0.1, 0.15) is 5.82 Å². The summed E-state index contributed by atoms with van der Waals surface area (Å²) < 4.78 is 13.3.